The van der Waals surface area contributed by atoms with E-state index in [-0.39, 0.29) is 59.8 Å². The zero-order valence-corrected chi connectivity index (χ0v) is 19.1. The molecule has 0 aliphatic carbocycles. The molecule has 0 radical (unpaired) electrons. The van der Waals surface area contributed by atoms with Gasteiger partial charge >= 0.3 is 0 Å². The van der Waals surface area contributed by atoms with E-state index in [0.29, 0.717) is 19.5 Å². The Balaban J connectivity index is 4.81. The summed E-state index contributed by atoms with van der Waals surface area (Å²) in [4.78, 5) is 51.4. The van der Waals surface area contributed by atoms with Crippen molar-refractivity contribution in [1.29, 1.82) is 0 Å². The van der Waals surface area contributed by atoms with Gasteiger partial charge in [-0.05, 0) is 18.9 Å². The van der Waals surface area contributed by atoms with Gasteiger partial charge in [0.2, 0.25) is 10.2 Å². The molecule has 0 unspecified atom stereocenters. The second-order valence-corrected chi connectivity index (χ2v) is 8.90. The molecule has 156 valence electrons. The Morgan fingerprint density at radius 2 is 1.00 bits per heavy atom. The van der Waals surface area contributed by atoms with Crippen LogP contribution in [0.5, 0.6) is 0 Å². The maximum absolute atomic E-state index is 12.1. The molecule has 0 aromatic rings. The first-order valence-electron chi connectivity index (χ1n) is 9.24. The molecule has 6 nitrogen and oxygen atoms in total. The highest BCUT2D eigenvalue weighted by Gasteiger charge is 2.19. The Kier molecular flexibility index (Phi) is 13.9. The fourth-order valence-electron chi connectivity index (χ4n) is 2.25. The second-order valence-electron chi connectivity index (χ2n) is 7.17. The van der Waals surface area contributed by atoms with Crippen LogP contribution in [0.15, 0.2) is 0 Å². The van der Waals surface area contributed by atoms with E-state index in [0.717, 1.165) is 23.5 Å². The van der Waals surface area contributed by atoms with Crippen LogP contribution < -0.4 is 0 Å². The van der Waals surface area contributed by atoms with Crippen LogP contribution in [0.4, 0.5) is 0 Å². The van der Waals surface area contributed by atoms with Crippen molar-refractivity contribution in [1.82, 2.24) is 9.80 Å². The molecule has 0 aliphatic rings. The lowest BCUT2D eigenvalue weighted by Gasteiger charge is -2.25. The van der Waals surface area contributed by atoms with Crippen LogP contribution in [0.25, 0.3) is 0 Å². The molecule has 27 heavy (non-hydrogen) atoms. The van der Waals surface area contributed by atoms with E-state index in [1.807, 2.05) is 37.5 Å². The zero-order chi connectivity index (χ0) is 21.0. The van der Waals surface area contributed by atoms with Crippen LogP contribution in [0, 0.1) is 11.8 Å². The first-order valence-corrected chi connectivity index (χ1v) is 11.7. The minimum atomic E-state index is -0.0726. The molecule has 0 saturated heterocycles. The van der Waals surface area contributed by atoms with E-state index < -0.39 is 0 Å². The summed E-state index contributed by atoms with van der Waals surface area (Å²) in [5, 5.41) is 0.0384. The SMILES string of the molecule is CSC(=O)CN(CCCN(CC(=O)C(C)C)CC(=O)C(C)C)CC(=O)SC. The van der Waals surface area contributed by atoms with Crippen LogP contribution >= 0.6 is 23.5 Å². The van der Waals surface area contributed by atoms with Gasteiger partial charge in [0, 0.05) is 24.9 Å². The molecule has 0 bridgehead atoms. The highest BCUT2D eigenvalue weighted by atomic mass is 32.2. The minimum absolute atomic E-state index is 0.0192. The maximum atomic E-state index is 12.1. The monoisotopic (exact) mass is 418 g/mol. The van der Waals surface area contributed by atoms with E-state index in [9.17, 15) is 19.2 Å². The Morgan fingerprint density at radius 1 is 0.667 bits per heavy atom. The summed E-state index contributed by atoms with van der Waals surface area (Å²) in [5.74, 6) is 0.0742. The molecule has 0 amide bonds. The normalized spacial score (nSPS) is 11.6. The van der Waals surface area contributed by atoms with Gasteiger partial charge in [0.05, 0.1) is 26.2 Å². The quantitative estimate of drug-likeness (QED) is 0.425. The van der Waals surface area contributed by atoms with E-state index in [2.05, 4.69) is 0 Å². The first-order chi connectivity index (χ1) is 12.6. The van der Waals surface area contributed by atoms with Crippen molar-refractivity contribution in [2.45, 2.75) is 34.1 Å². The summed E-state index contributed by atoms with van der Waals surface area (Å²) in [6.45, 7) is 9.53. The van der Waals surface area contributed by atoms with Crippen LogP contribution in [-0.2, 0) is 19.2 Å². The van der Waals surface area contributed by atoms with Crippen molar-refractivity contribution in [3.63, 3.8) is 0 Å². The number of nitrogens with zero attached hydrogens (tertiary/aromatic N) is 2. The average Bonchev–Trinajstić information content (AvgIpc) is 2.60. The van der Waals surface area contributed by atoms with Crippen molar-refractivity contribution in [2.75, 3.05) is 51.8 Å². The second kappa shape index (κ2) is 14.3. The van der Waals surface area contributed by atoms with Gasteiger partial charge < -0.3 is 0 Å². The smallest absolute Gasteiger partial charge is 0.202 e. The molecule has 0 aromatic heterocycles. The van der Waals surface area contributed by atoms with Crippen molar-refractivity contribution >= 4 is 45.3 Å². The molecule has 0 atom stereocenters. The molecule has 0 saturated carbocycles. The summed E-state index contributed by atoms with van der Waals surface area (Å²) in [6.07, 6.45) is 4.14. The predicted octanol–water partition coefficient (Wildman–Crippen LogP) is 2.21. The van der Waals surface area contributed by atoms with Gasteiger partial charge in [0.1, 0.15) is 11.6 Å². The number of Topliss-reactive ketones (excluding diaryl/α,β-unsaturated/α-hetero) is 2. The molecule has 0 N–H and O–H groups in total. The highest BCUT2D eigenvalue weighted by molar-refractivity contribution is 8.13. The number of carbonyl (C=O) groups is 4. The lowest BCUT2D eigenvalue weighted by atomic mass is 10.1. The van der Waals surface area contributed by atoms with Gasteiger partial charge in [0.25, 0.3) is 0 Å². The summed E-state index contributed by atoms with van der Waals surface area (Å²) < 4.78 is 0. The van der Waals surface area contributed by atoms with Crippen molar-refractivity contribution in [3.05, 3.63) is 0 Å². The standard InChI is InChI=1S/C19H34N2O4S2/c1-14(2)16(22)10-20(11-17(23)15(3)4)8-7-9-21(12-18(24)26-5)13-19(25)27-6/h14-15H,7-13H2,1-6H3. The number of rotatable bonds is 14. The first kappa shape index (κ1) is 26.3. The third kappa shape index (κ3) is 12.4. The molecule has 0 aliphatic heterocycles. The zero-order valence-electron chi connectivity index (χ0n) is 17.4. The Morgan fingerprint density at radius 3 is 1.30 bits per heavy atom. The summed E-state index contributed by atoms with van der Waals surface area (Å²) >= 11 is 2.30. The van der Waals surface area contributed by atoms with Gasteiger partial charge in [-0.15, -0.1) is 0 Å². The topological polar surface area (TPSA) is 74.8 Å². The van der Waals surface area contributed by atoms with Crippen molar-refractivity contribution in [3.8, 4) is 0 Å². The van der Waals surface area contributed by atoms with Gasteiger partial charge in [-0.1, -0.05) is 51.2 Å². The Hall–Kier alpha value is -0.700. The van der Waals surface area contributed by atoms with E-state index in [1.54, 1.807) is 12.5 Å². The minimum Gasteiger partial charge on any atom is -0.298 e. The molecule has 0 heterocycles. The molecular weight excluding hydrogens is 384 g/mol. The van der Waals surface area contributed by atoms with E-state index >= 15 is 0 Å². The van der Waals surface area contributed by atoms with Crippen LogP contribution in [0.1, 0.15) is 34.1 Å². The summed E-state index contributed by atoms with van der Waals surface area (Å²) in [6, 6.07) is 0. The number of hydrogen-bond donors (Lipinski definition) is 0. The summed E-state index contributed by atoms with van der Waals surface area (Å²) in [5.41, 5.74) is 0. The van der Waals surface area contributed by atoms with E-state index in [4.69, 9.17) is 0 Å². The molecular formula is C19H34N2O4S2. The lowest BCUT2D eigenvalue weighted by Crippen LogP contribution is -2.40. The molecule has 0 rings (SSSR count). The fourth-order valence-corrected chi connectivity index (χ4v) is 2.87. The van der Waals surface area contributed by atoms with Crippen LogP contribution in [0.3, 0.4) is 0 Å². The summed E-state index contributed by atoms with van der Waals surface area (Å²) in [7, 11) is 0. The predicted molar refractivity (Wildman–Crippen MR) is 114 cm³/mol. The van der Waals surface area contributed by atoms with E-state index in [1.165, 1.54) is 0 Å². The number of ketones is 2. The Labute approximate surface area is 172 Å². The van der Waals surface area contributed by atoms with Gasteiger partial charge in [-0.2, -0.15) is 0 Å². The Bertz CT molecular complexity index is 470. The van der Waals surface area contributed by atoms with Gasteiger partial charge in [-0.3, -0.25) is 29.0 Å². The lowest BCUT2D eigenvalue weighted by molar-refractivity contribution is -0.126. The number of carbonyl (C=O) groups excluding carboxylic acids is 4. The largest absolute Gasteiger partial charge is 0.298 e. The highest BCUT2D eigenvalue weighted by Crippen LogP contribution is 2.06. The average molecular weight is 419 g/mol. The maximum Gasteiger partial charge on any atom is 0.202 e. The molecule has 0 spiro atoms. The fraction of sp³-hybridized carbons (Fsp3) is 0.789. The van der Waals surface area contributed by atoms with Crippen LogP contribution in [-0.4, -0.2) is 83.4 Å². The van der Waals surface area contributed by atoms with Crippen molar-refractivity contribution < 1.29 is 19.2 Å². The molecule has 8 heteroatoms. The number of hydrogen-bond acceptors (Lipinski definition) is 8. The van der Waals surface area contributed by atoms with Gasteiger partial charge in [0.15, 0.2) is 0 Å². The third-order valence-electron chi connectivity index (χ3n) is 4.16. The third-order valence-corrected chi connectivity index (χ3v) is 5.33. The number of thioether (sulfide) groups is 2. The molecule has 0 aromatic carbocycles. The van der Waals surface area contributed by atoms with Gasteiger partial charge in [-0.25, -0.2) is 0 Å². The van der Waals surface area contributed by atoms with Crippen molar-refractivity contribution in [2.24, 2.45) is 11.8 Å². The molecule has 0 fully saturated rings. The van der Waals surface area contributed by atoms with Crippen LogP contribution in [0.2, 0.25) is 0 Å².